The molecule has 0 unspecified atom stereocenters. The van der Waals surface area contributed by atoms with Gasteiger partial charge < -0.3 is 10.6 Å². The fourth-order valence-corrected chi connectivity index (χ4v) is 2.05. The molecule has 20 heavy (non-hydrogen) atoms. The van der Waals surface area contributed by atoms with Crippen LogP contribution in [0.3, 0.4) is 0 Å². The minimum absolute atomic E-state index is 0.0964. The van der Waals surface area contributed by atoms with E-state index in [9.17, 15) is 18.0 Å². The minimum atomic E-state index is -4.43. The van der Waals surface area contributed by atoms with Gasteiger partial charge in [0.2, 0.25) is 5.91 Å². The molecule has 0 aromatic heterocycles. The smallest absolute Gasteiger partial charge is 0.324 e. The second-order valence-electron chi connectivity index (χ2n) is 4.81. The molecule has 110 valence electrons. The summed E-state index contributed by atoms with van der Waals surface area (Å²) in [7, 11) is 0. The van der Waals surface area contributed by atoms with Crippen LogP contribution in [-0.2, 0) is 11.0 Å². The number of hydrogen-bond acceptors (Lipinski definition) is 2. The monoisotopic (exact) mass is 350 g/mol. The molecule has 1 aromatic rings. The molecule has 0 saturated heterocycles. The van der Waals surface area contributed by atoms with Crippen LogP contribution in [0.4, 0.5) is 18.9 Å². The van der Waals surface area contributed by atoms with E-state index in [0.29, 0.717) is 10.4 Å². The van der Waals surface area contributed by atoms with Crippen molar-refractivity contribution in [2.75, 3.05) is 18.4 Å². The first-order valence-electron chi connectivity index (χ1n) is 6.23. The van der Waals surface area contributed by atoms with Crippen molar-refractivity contribution in [3.05, 3.63) is 28.2 Å². The number of benzene rings is 1. The van der Waals surface area contributed by atoms with Gasteiger partial charge in [0.1, 0.15) is 0 Å². The second kappa shape index (κ2) is 6.13. The third-order valence-corrected chi connectivity index (χ3v) is 3.67. The number of anilines is 1. The van der Waals surface area contributed by atoms with E-state index >= 15 is 0 Å². The Morgan fingerprint density at radius 2 is 2.05 bits per heavy atom. The van der Waals surface area contributed by atoms with Crippen LogP contribution in [0.15, 0.2) is 22.7 Å². The molecule has 3 nitrogen and oxygen atoms in total. The first-order valence-corrected chi connectivity index (χ1v) is 7.03. The molecule has 0 bridgehead atoms. The van der Waals surface area contributed by atoms with Crippen molar-refractivity contribution >= 4 is 27.5 Å². The molecule has 1 aromatic carbocycles. The van der Waals surface area contributed by atoms with Gasteiger partial charge in [-0.15, -0.1) is 0 Å². The average molecular weight is 351 g/mol. The van der Waals surface area contributed by atoms with E-state index in [0.717, 1.165) is 18.7 Å². The van der Waals surface area contributed by atoms with E-state index in [1.165, 1.54) is 18.9 Å². The maximum Gasteiger partial charge on any atom is 0.416 e. The lowest BCUT2D eigenvalue weighted by atomic mass is 10.2. The molecule has 1 aliphatic carbocycles. The Hall–Kier alpha value is -1.08. The van der Waals surface area contributed by atoms with E-state index in [1.807, 2.05) is 0 Å². The Bertz CT molecular complexity index is 501. The van der Waals surface area contributed by atoms with E-state index in [-0.39, 0.29) is 18.1 Å². The molecule has 0 spiro atoms. The molecule has 1 aliphatic rings. The van der Waals surface area contributed by atoms with Gasteiger partial charge >= 0.3 is 6.18 Å². The molecule has 0 atom stereocenters. The van der Waals surface area contributed by atoms with Crippen molar-refractivity contribution in [2.24, 2.45) is 5.92 Å². The summed E-state index contributed by atoms with van der Waals surface area (Å²) in [5, 5.41) is 5.45. The van der Waals surface area contributed by atoms with Gasteiger partial charge in [0.25, 0.3) is 0 Å². The molecular weight excluding hydrogens is 337 g/mol. The summed E-state index contributed by atoms with van der Waals surface area (Å²) in [6.07, 6.45) is -2.08. The highest BCUT2D eigenvalue weighted by atomic mass is 79.9. The lowest BCUT2D eigenvalue weighted by Crippen LogP contribution is -2.29. The normalized spacial score (nSPS) is 15.2. The van der Waals surface area contributed by atoms with Crippen molar-refractivity contribution in [3.63, 3.8) is 0 Å². The molecule has 1 saturated carbocycles. The Morgan fingerprint density at radius 1 is 1.35 bits per heavy atom. The van der Waals surface area contributed by atoms with E-state index in [4.69, 9.17) is 0 Å². The standard InChI is InChI=1S/C13H14BrF3N2O/c14-10-4-3-9(13(15,16)17)5-11(10)19-12(20)7-18-6-8-1-2-8/h3-5,8,18H,1-2,6-7H2,(H,19,20). The third-order valence-electron chi connectivity index (χ3n) is 2.98. The van der Waals surface area contributed by atoms with Crippen molar-refractivity contribution < 1.29 is 18.0 Å². The van der Waals surface area contributed by atoms with Gasteiger partial charge in [0.15, 0.2) is 0 Å². The maximum atomic E-state index is 12.6. The number of carbonyl (C=O) groups is 1. The van der Waals surface area contributed by atoms with Crippen LogP contribution in [-0.4, -0.2) is 19.0 Å². The average Bonchev–Trinajstić information content (AvgIpc) is 3.14. The minimum Gasteiger partial charge on any atom is -0.324 e. The number of hydrogen-bond donors (Lipinski definition) is 2. The number of alkyl halides is 3. The fraction of sp³-hybridized carbons (Fsp3) is 0.462. The van der Waals surface area contributed by atoms with Gasteiger partial charge in [-0.2, -0.15) is 13.2 Å². The van der Waals surface area contributed by atoms with Gasteiger partial charge in [-0.1, -0.05) is 0 Å². The van der Waals surface area contributed by atoms with Crippen LogP contribution < -0.4 is 10.6 Å². The van der Waals surface area contributed by atoms with Gasteiger partial charge in [0.05, 0.1) is 17.8 Å². The SMILES string of the molecule is O=C(CNCC1CC1)Nc1cc(C(F)(F)F)ccc1Br. The molecule has 0 aliphatic heterocycles. The van der Waals surface area contributed by atoms with Gasteiger partial charge in [-0.3, -0.25) is 4.79 Å². The van der Waals surface area contributed by atoms with Crippen LogP contribution in [0, 0.1) is 5.92 Å². The molecule has 1 fully saturated rings. The highest BCUT2D eigenvalue weighted by Crippen LogP contribution is 2.33. The van der Waals surface area contributed by atoms with E-state index < -0.39 is 11.7 Å². The third kappa shape index (κ3) is 4.49. The van der Waals surface area contributed by atoms with Crippen LogP contribution in [0.2, 0.25) is 0 Å². The summed E-state index contributed by atoms with van der Waals surface area (Å²) in [6, 6.07) is 3.16. The van der Waals surface area contributed by atoms with Gasteiger partial charge in [0, 0.05) is 4.47 Å². The summed E-state index contributed by atoms with van der Waals surface area (Å²) in [5.74, 6) is 0.286. The molecule has 2 rings (SSSR count). The molecule has 2 N–H and O–H groups in total. The van der Waals surface area contributed by atoms with Gasteiger partial charge in [-0.25, -0.2) is 0 Å². The fourth-order valence-electron chi connectivity index (χ4n) is 1.70. The number of carbonyl (C=O) groups excluding carboxylic acids is 1. The van der Waals surface area contributed by atoms with Crippen LogP contribution >= 0.6 is 15.9 Å². The first kappa shape index (κ1) is 15.3. The number of rotatable bonds is 5. The Morgan fingerprint density at radius 3 is 2.65 bits per heavy atom. The number of nitrogens with one attached hydrogen (secondary N) is 2. The molecule has 7 heteroatoms. The Balaban J connectivity index is 1.94. The zero-order chi connectivity index (χ0) is 14.8. The summed E-state index contributed by atoms with van der Waals surface area (Å²) < 4.78 is 38.2. The summed E-state index contributed by atoms with van der Waals surface area (Å²) >= 11 is 3.12. The quantitative estimate of drug-likeness (QED) is 0.854. The van der Waals surface area contributed by atoms with E-state index in [1.54, 1.807) is 0 Å². The van der Waals surface area contributed by atoms with E-state index in [2.05, 4.69) is 26.6 Å². The first-order chi connectivity index (χ1) is 9.36. The Labute approximate surface area is 123 Å². The zero-order valence-electron chi connectivity index (χ0n) is 10.6. The lowest BCUT2D eigenvalue weighted by molar-refractivity contribution is -0.137. The molecule has 0 heterocycles. The number of halogens is 4. The van der Waals surface area contributed by atoms with Crippen LogP contribution in [0.1, 0.15) is 18.4 Å². The Kier molecular flexibility index (Phi) is 4.70. The van der Waals surface area contributed by atoms with Crippen molar-refractivity contribution in [2.45, 2.75) is 19.0 Å². The summed E-state index contributed by atoms with van der Waals surface area (Å²) in [5.41, 5.74) is -0.667. The van der Waals surface area contributed by atoms with Crippen molar-refractivity contribution in [1.29, 1.82) is 0 Å². The largest absolute Gasteiger partial charge is 0.416 e. The number of amides is 1. The van der Waals surface area contributed by atoms with Crippen LogP contribution in [0.25, 0.3) is 0 Å². The summed E-state index contributed by atoms with van der Waals surface area (Å²) in [4.78, 5) is 11.7. The highest BCUT2D eigenvalue weighted by Gasteiger charge is 2.31. The van der Waals surface area contributed by atoms with Crippen LogP contribution in [0.5, 0.6) is 0 Å². The second-order valence-corrected chi connectivity index (χ2v) is 5.67. The molecule has 0 radical (unpaired) electrons. The molecular formula is C13H14BrF3N2O. The zero-order valence-corrected chi connectivity index (χ0v) is 12.1. The molecule has 1 amide bonds. The lowest BCUT2D eigenvalue weighted by Gasteiger charge is -2.12. The predicted octanol–water partition coefficient (Wildman–Crippen LogP) is 3.41. The van der Waals surface area contributed by atoms with Gasteiger partial charge in [-0.05, 0) is 59.4 Å². The topological polar surface area (TPSA) is 41.1 Å². The van der Waals surface area contributed by atoms with Crippen molar-refractivity contribution in [3.8, 4) is 0 Å². The predicted molar refractivity (Wildman–Crippen MR) is 73.4 cm³/mol. The maximum absolute atomic E-state index is 12.6. The highest BCUT2D eigenvalue weighted by molar-refractivity contribution is 9.10. The summed E-state index contributed by atoms with van der Waals surface area (Å²) in [6.45, 7) is 0.871. The van der Waals surface area contributed by atoms with Crippen molar-refractivity contribution in [1.82, 2.24) is 5.32 Å².